The summed E-state index contributed by atoms with van der Waals surface area (Å²) in [5.41, 5.74) is 1.90. The van der Waals surface area contributed by atoms with E-state index in [0.717, 1.165) is 29.8 Å². The van der Waals surface area contributed by atoms with E-state index in [2.05, 4.69) is 10.4 Å². The molecule has 3 rings (SSSR count). The van der Waals surface area contributed by atoms with Crippen molar-refractivity contribution in [2.45, 2.75) is 44.8 Å². The standard InChI is InChI=1S/C19H25N3O3/c1-13(21-19(24)14-3-7-17(23)8-4-14)15-11-20-22(12-15)16-5-9-18(25-2)10-6-16/h5-6,9-14,17,23H,3-4,7-8H2,1-2H3,(H,21,24)/t13-,14?,17?/m0/s1. The molecular formula is C19H25N3O3. The molecule has 134 valence electrons. The predicted molar refractivity (Wildman–Crippen MR) is 94.6 cm³/mol. The summed E-state index contributed by atoms with van der Waals surface area (Å²) in [7, 11) is 1.64. The van der Waals surface area contributed by atoms with Crippen LogP contribution in [0.3, 0.4) is 0 Å². The summed E-state index contributed by atoms with van der Waals surface area (Å²) in [6, 6.07) is 7.54. The Morgan fingerprint density at radius 3 is 2.60 bits per heavy atom. The smallest absolute Gasteiger partial charge is 0.223 e. The second kappa shape index (κ2) is 7.70. The fourth-order valence-electron chi connectivity index (χ4n) is 3.19. The molecule has 25 heavy (non-hydrogen) atoms. The summed E-state index contributed by atoms with van der Waals surface area (Å²) in [6.45, 7) is 1.96. The monoisotopic (exact) mass is 343 g/mol. The third kappa shape index (κ3) is 4.20. The van der Waals surface area contributed by atoms with Crippen molar-refractivity contribution in [3.63, 3.8) is 0 Å². The highest BCUT2D eigenvalue weighted by molar-refractivity contribution is 5.79. The second-order valence-corrected chi connectivity index (χ2v) is 6.65. The van der Waals surface area contributed by atoms with Gasteiger partial charge in [-0.05, 0) is 56.9 Å². The van der Waals surface area contributed by atoms with Gasteiger partial charge in [-0.2, -0.15) is 5.10 Å². The summed E-state index contributed by atoms with van der Waals surface area (Å²) >= 11 is 0. The zero-order chi connectivity index (χ0) is 17.8. The molecule has 1 fully saturated rings. The van der Waals surface area contributed by atoms with Crippen LogP contribution in [0.4, 0.5) is 0 Å². The number of benzene rings is 1. The van der Waals surface area contributed by atoms with Gasteiger partial charge in [0.25, 0.3) is 0 Å². The van der Waals surface area contributed by atoms with E-state index in [1.165, 1.54) is 0 Å². The van der Waals surface area contributed by atoms with Crippen LogP contribution in [-0.4, -0.2) is 34.0 Å². The van der Waals surface area contributed by atoms with Crippen LogP contribution in [0.25, 0.3) is 5.69 Å². The second-order valence-electron chi connectivity index (χ2n) is 6.65. The Kier molecular flexibility index (Phi) is 5.38. The first-order valence-corrected chi connectivity index (χ1v) is 8.74. The Balaban J connectivity index is 1.61. The van der Waals surface area contributed by atoms with Gasteiger partial charge in [0.05, 0.1) is 31.1 Å². The number of aliphatic hydroxyl groups is 1. The SMILES string of the molecule is COc1ccc(-n2cc([C@H](C)NC(=O)C3CCC(O)CC3)cn2)cc1. The number of nitrogens with one attached hydrogen (secondary N) is 1. The van der Waals surface area contributed by atoms with Crippen molar-refractivity contribution in [2.24, 2.45) is 5.92 Å². The molecule has 1 aliphatic rings. The molecule has 1 aliphatic carbocycles. The highest BCUT2D eigenvalue weighted by Gasteiger charge is 2.26. The molecule has 0 radical (unpaired) electrons. The number of amides is 1. The predicted octanol–water partition coefficient (Wildman–Crippen LogP) is 2.61. The van der Waals surface area contributed by atoms with Gasteiger partial charge >= 0.3 is 0 Å². The number of hydrogen-bond donors (Lipinski definition) is 2. The highest BCUT2D eigenvalue weighted by Crippen LogP contribution is 2.25. The normalized spacial score (nSPS) is 21.6. The first kappa shape index (κ1) is 17.5. The molecule has 0 aliphatic heterocycles. The van der Waals surface area contributed by atoms with Gasteiger partial charge in [-0.25, -0.2) is 4.68 Å². The van der Waals surface area contributed by atoms with Crippen LogP contribution < -0.4 is 10.1 Å². The Bertz CT molecular complexity index is 703. The summed E-state index contributed by atoms with van der Waals surface area (Å²) in [5, 5.41) is 17.0. The highest BCUT2D eigenvalue weighted by atomic mass is 16.5. The van der Waals surface area contributed by atoms with Gasteiger partial charge in [0.1, 0.15) is 5.75 Å². The lowest BCUT2D eigenvalue weighted by atomic mass is 9.86. The molecule has 1 saturated carbocycles. The van der Waals surface area contributed by atoms with E-state index in [-0.39, 0.29) is 24.0 Å². The van der Waals surface area contributed by atoms with Gasteiger partial charge in [0, 0.05) is 17.7 Å². The fourth-order valence-corrected chi connectivity index (χ4v) is 3.19. The summed E-state index contributed by atoms with van der Waals surface area (Å²) < 4.78 is 6.95. The zero-order valence-electron chi connectivity index (χ0n) is 14.7. The molecule has 2 N–H and O–H groups in total. The molecule has 1 amide bonds. The molecule has 0 spiro atoms. The minimum absolute atomic E-state index is 0.00230. The van der Waals surface area contributed by atoms with Crippen molar-refractivity contribution >= 4 is 5.91 Å². The van der Waals surface area contributed by atoms with Gasteiger partial charge in [-0.15, -0.1) is 0 Å². The van der Waals surface area contributed by atoms with Gasteiger partial charge in [0.2, 0.25) is 5.91 Å². The molecule has 6 heteroatoms. The van der Waals surface area contributed by atoms with Gasteiger partial charge in [-0.1, -0.05) is 0 Å². The lowest BCUT2D eigenvalue weighted by molar-refractivity contribution is -0.127. The molecule has 2 aromatic rings. The zero-order valence-corrected chi connectivity index (χ0v) is 14.7. The number of methoxy groups -OCH3 is 1. The molecule has 1 heterocycles. The van der Waals surface area contributed by atoms with Gasteiger partial charge in [-0.3, -0.25) is 4.79 Å². The topological polar surface area (TPSA) is 76.4 Å². The van der Waals surface area contributed by atoms with E-state index in [4.69, 9.17) is 4.74 Å². The maximum absolute atomic E-state index is 12.4. The third-order valence-corrected chi connectivity index (χ3v) is 4.87. The van der Waals surface area contributed by atoms with Crippen molar-refractivity contribution < 1.29 is 14.6 Å². The number of carbonyl (C=O) groups excluding carboxylic acids is 1. The van der Waals surface area contributed by atoms with Crippen LogP contribution in [0.5, 0.6) is 5.75 Å². The molecule has 0 saturated heterocycles. The van der Waals surface area contributed by atoms with Gasteiger partial charge in [0.15, 0.2) is 0 Å². The lowest BCUT2D eigenvalue weighted by Gasteiger charge is -2.25. The van der Waals surface area contributed by atoms with Crippen LogP contribution in [0.1, 0.15) is 44.2 Å². The van der Waals surface area contributed by atoms with E-state index < -0.39 is 0 Å². The number of aliphatic hydroxyl groups excluding tert-OH is 1. The molecule has 0 bridgehead atoms. The van der Waals surface area contributed by atoms with Crippen molar-refractivity contribution in [2.75, 3.05) is 7.11 Å². The number of aromatic nitrogens is 2. The minimum Gasteiger partial charge on any atom is -0.497 e. The minimum atomic E-state index is -0.246. The van der Waals surface area contributed by atoms with Crippen LogP contribution in [0, 0.1) is 5.92 Å². The Labute approximate surface area is 147 Å². The van der Waals surface area contributed by atoms with Crippen LogP contribution in [0.2, 0.25) is 0 Å². The number of nitrogens with zero attached hydrogens (tertiary/aromatic N) is 2. The number of rotatable bonds is 5. The first-order chi connectivity index (χ1) is 12.1. The van der Waals surface area contributed by atoms with E-state index in [1.807, 2.05) is 37.4 Å². The lowest BCUT2D eigenvalue weighted by Crippen LogP contribution is -2.35. The molecule has 6 nitrogen and oxygen atoms in total. The van der Waals surface area contributed by atoms with Crippen LogP contribution >= 0.6 is 0 Å². The molecule has 1 atom stereocenters. The van der Waals surface area contributed by atoms with E-state index >= 15 is 0 Å². The summed E-state index contributed by atoms with van der Waals surface area (Å²) in [4.78, 5) is 12.4. The molecule has 1 aromatic carbocycles. The third-order valence-electron chi connectivity index (χ3n) is 4.87. The average molecular weight is 343 g/mol. The quantitative estimate of drug-likeness (QED) is 0.875. The number of ether oxygens (including phenoxy) is 1. The first-order valence-electron chi connectivity index (χ1n) is 8.74. The van der Waals surface area contributed by atoms with E-state index in [9.17, 15) is 9.90 Å². The van der Waals surface area contributed by atoms with Gasteiger partial charge < -0.3 is 15.2 Å². The fraction of sp³-hybridized carbons (Fsp3) is 0.474. The molecule has 1 aromatic heterocycles. The number of carbonyl (C=O) groups is 1. The van der Waals surface area contributed by atoms with E-state index in [1.54, 1.807) is 18.0 Å². The molecular weight excluding hydrogens is 318 g/mol. The average Bonchev–Trinajstić information content (AvgIpc) is 3.12. The number of hydrogen-bond acceptors (Lipinski definition) is 4. The maximum Gasteiger partial charge on any atom is 0.223 e. The van der Waals surface area contributed by atoms with Crippen LogP contribution in [0.15, 0.2) is 36.7 Å². The maximum atomic E-state index is 12.4. The van der Waals surface area contributed by atoms with Crippen LogP contribution in [-0.2, 0) is 4.79 Å². The molecule has 0 unspecified atom stereocenters. The van der Waals surface area contributed by atoms with E-state index in [0.29, 0.717) is 12.8 Å². The Morgan fingerprint density at radius 1 is 1.28 bits per heavy atom. The Morgan fingerprint density at radius 2 is 1.96 bits per heavy atom. The van der Waals surface area contributed by atoms with Crippen molar-refractivity contribution in [1.82, 2.24) is 15.1 Å². The van der Waals surface area contributed by atoms with Crippen molar-refractivity contribution in [1.29, 1.82) is 0 Å². The largest absolute Gasteiger partial charge is 0.497 e. The van der Waals surface area contributed by atoms with Crippen molar-refractivity contribution in [3.8, 4) is 11.4 Å². The van der Waals surface area contributed by atoms with Crippen molar-refractivity contribution in [3.05, 3.63) is 42.2 Å². The Hall–Kier alpha value is -2.34. The summed E-state index contributed by atoms with van der Waals surface area (Å²) in [6.07, 6.45) is 6.39. The summed E-state index contributed by atoms with van der Waals surface area (Å²) in [5.74, 6) is 0.869.